The van der Waals surface area contributed by atoms with Gasteiger partial charge in [0.25, 0.3) is 0 Å². The van der Waals surface area contributed by atoms with Gasteiger partial charge in [-0.15, -0.1) is 0 Å². The van der Waals surface area contributed by atoms with Crippen molar-refractivity contribution in [2.45, 2.75) is 18.1 Å². The number of alkyl halides is 3. The van der Waals surface area contributed by atoms with Crippen molar-refractivity contribution in [3.63, 3.8) is 0 Å². The third kappa shape index (κ3) is 3.49. The Kier molecular flexibility index (Phi) is 4.63. The lowest BCUT2D eigenvalue weighted by atomic mass is 9.84. The molecule has 4 nitrogen and oxygen atoms in total. The number of likely N-dealkylation sites (N-methyl/N-ethyl adjacent to an activating group) is 1. The maximum absolute atomic E-state index is 14.3. The maximum atomic E-state index is 14.3. The number of carbonyl (C=O) groups excluding carboxylic acids is 1. The molecule has 0 radical (unpaired) electrons. The molecule has 1 amide bonds. The molecule has 142 valence electrons. The second-order valence-electron chi connectivity index (χ2n) is 6.13. The molecule has 27 heavy (non-hydrogen) atoms. The first-order valence-corrected chi connectivity index (χ1v) is 7.84. The molecule has 9 heteroatoms. The van der Waals surface area contributed by atoms with E-state index in [1.165, 1.54) is 7.05 Å². The minimum atomic E-state index is -4.53. The number of nitrogens with one attached hydrogen (secondary N) is 2. The predicted octanol–water partition coefficient (Wildman–Crippen LogP) is 3.80. The minimum Gasteiger partial charge on any atom is -0.348 e. The van der Waals surface area contributed by atoms with Crippen molar-refractivity contribution in [1.82, 2.24) is 10.2 Å². The quantitative estimate of drug-likeness (QED) is 0.775. The van der Waals surface area contributed by atoms with E-state index in [0.29, 0.717) is 6.07 Å². The summed E-state index contributed by atoms with van der Waals surface area (Å²) >= 11 is 0. The number of hydrogen-bond acceptors (Lipinski definition) is 2. The molecule has 0 bridgehead atoms. The fourth-order valence-corrected chi connectivity index (χ4v) is 3.01. The van der Waals surface area contributed by atoms with Crippen molar-refractivity contribution in [3.8, 4) is 0 Å². The van der Waals surface area contributed by atoms with E-state index in [0.717, 1.165) is 41.3 Å². The fraction of sp³-hybridized carbons (Fsp3) is 0.222. The molecule has 0 aliphatic carbocycles. The van der Waals surface area contributed by atoms with Crippen LogP contribution in [-0.2, 0) is 11.0 Å². The molecule has 0 aromatic heterocycles. The number of halogens is 5. The smallest absolute Gasteiger partial charge is 0.348 e. The van der Waals surface area contributed by atoms with Gasteiger partial charge in [-0.25, -0.2) is 8.78 Å². The molecule has 0 saturated carbocycles. The van der Waals surface area contributed by atoms with E-state index in [9.17, 15) is 26.7 Å². The molecule has 1 fully saturated rings. The number of rotatable bonds is 2. The van der Waals surface area contributed by atoms with Crippen LogP contribution in [0.3, 0.4) is 0 Å². The molecule has 0 unspecified atom stereocenters. The lowest BCUT2D eigenvalue weighted by Crippen LogP contribution is -2.54. The zero-order valence-electron chi connectivity index (χ0n) is 13.9. The van der Waals surface area contributed by atoms with Gasteiger partial charge < -0.3 is 5.32 Å². The maximum Gasteiger partial charge on any atom is 0.416 e. The molecule has 2 N–H and O–H groups in total. The van der Waals surface area contributed by atoms with Crippen molar-refractivity contribution in [3.05, 3.63) is 70.8 Å². The molecule has 1 aliphatic rings. The van der Waals surface area contributed by atoms with Gasteiger partial charge in [0.15, 0.2) is 5.96 Å². The lowest BCUT2D eigenvalue weighted by molar-refractivity contribution is -0.137. The highest BCUT2D eigenvalue weighted by Crippen LogP contribution is 2.38. The Balaban J connectivity index is 2.07. The van der Waals surface area contributed by atoms with Crippen LogP contribution >= 0.6 is 0 Å². The highest BCUT2D eigenvalue weighted by Gasteiger charge is 2.41. The highest BCUT2D eigenvalue weighted by molar-refractivity contribution is 6.01. The van der Waals surface area contributed by atoms with Crippen LogP contribution < -0.4 is 5.32 Å². The summed E-state index contributed by atoms with van der Waals surface area (Å²) in [6.07, 6.45) is -4.53. The average Bonchev–Trinajstić information content (AvgIpc) is 2.59. The monoisotopic (exact) mass is 383 g/mol. The zero-order chi connectivity index (χ0) is 19.9. The summed E-state index contributed by atoms with van der Waals surface area (Å²) in [5.41, 5.74) is -0.728. The topological polar surface area (TPSA) is 56.2 Å². The van der Waals surface area contributed by atoms with Crippen molar-refractivity contribution in [2.24, 2.45) is 0 Å². The van der Waals surface area contributed by atoms with Crippen LogP contribution in [-0.4, -0.2) is 23.8 Å². The fourth-order valence-electron chi connectivity index (χ4n) is 3.01. The summed E-state index contributed by atoms with van der Waals surface area (Å²) < 4.78 is 65.8. The summed E-state index contributed by atoms with van der Waals surface area (Å²) in [4.78, 5) is 13.7. The molecule has 2 atom stereocenters. The number of nitrogens with zero attached hydrogens (tertiary/aromatic N) is 1. The van der Waals surface area contributed by atoms with Gasteiger partial charge in [-0.2, -0.15) is 13.2 Å². The Hall–Kier alpha value is -2.97. The SMILES string of the molecule is CN1C(=N)N[C@H](c2ccc(F)cc2F)[C@@H](c2ccc(C(F)(F)F)cc2)C1=O. The van der Waals surface area contributed by atoms with Crippen LogP contribution in [0.4, 0.5) is 22.0 Å². The Bertz CT molecular complexity index is 895. The van der Waals surface area contributed by atoms with Crippen molar-refractivity contribution in [2.75, 3.05) is 7.05 Å². The Morgan fingerprint density at radius 3 is 2.26 bits per heavy atom. The first-order chi connectivity index (χ1) is 12.6. The van der Waals surface area contributed by atoms with E-state index < -0.39 is 41.2 Å². The zero-order valence-corrected chi connectivity index (χ0v) is 13.9. The van der Waals surface area contributed by atoms with Gasteiger partial charge in [-0.1, -0.05) is 18.2 Å². The molecular weight excluding hydrogens is 369 g/mol. The number of benzene rings is 2. The number of amides is 1. The molecule has 0 spiro atoms. The van der Waals surface area contributed by atoms with Crippen LogP contribution in [0.2, 0.25) is 0 Å². The second kappa shape index (κ2) is 6.64. The van der Waals surface area contributed by atoms with Crippen LogP contribution in [0.25, 0.3) is 0 Å². The largest absolute Gasteiger partial charge is 0.416 e. The summed E-state index contributed by atoms with van der Waals surface area (Å²) in [7, 11) is 1.33. The van der Waals surface area contributed by atoms with Crippen molar-refractivity contribution < 1.29 is 26.7 Å². The van der Waals surface area contributed by atoms with Gasteiger partial charge in [0.1, 0.15) is 11.6 Å². The van der Waals surface area contributed by atoms with E-state index in [4.69, 9.17) is 5.41 Å². The number of carbonyl (C=O) groups is 1. The van der Waals surface area contributed by atoms with Crippen LogP contribution in [0.1, 0.15) is 28.7 Å². The molecule has 1 aliphatic heterocycles. The second-order valence-corrected chi connectivity index (χ2v) is 6.13. The van der Waals surface area contributed by atoms with E-state index in [2.05, 4.69) is 5.32 Å². The minimum absolute atomic E-state index is 0.0625. The molecule has 2 aromatic carbocycles. The summed E-state index contributed by atoms with van der Waals surface area (Å²) in [5, 5.41) is 10.5. The van der Waals surface area contributed by atoms with Gasteiger partial charge in [-0.05, 0) is 23.8 Å². The van der Waals surface area contributed by atoms with E-state index in [1.807, 2.05) is 0 Å². The summed E-state index contributed by atoms with van der Waals surface area (Å²) in [6, 6.07) is 5.68. The Labute approximate surface area is 151 Å². The van der Waals surface area contributed by atoms with E-state index in [1.54, 1.807) is 0 Å². The first-order valence-electron chi connectivity index (χ1n) is 7.84. The van der Waals surface area contributed by atoms with Gasteiger partial charge in [0.2, 0.25) is 5.91 Å². The van der Waals surface area contributed by atoms with Crippen molar-refractivity contribution >= 4 is 11.9 Å². The van der Waals surface area contributed by atoms with E-state index >= 15 is 0 Å². The molecule has 2 aromatic rings. The normalized spacial score (nSPS) is 20.6. The molecule has 3 rings (SSSR count). The summed E-state index contributed by atoms with van der Waals surface area (Å²) in [5.74, 6) is -3.71. The van der Waals surface area contributed by atoms with Crippen molar-refractivity contribution in [1.29, 1.82) is 5.41 Å². The molecule has 1 saturated heterocycles. The van der Waals surface area contributed by atoms with Gasteiger partial charge in [0, 0.05) is 18.7 Å². The third-order valence-corrected chi connectivity index (χ3v) is 4.45. The standard InChI is InChI=1S/C18H14F5N3O/c1-26-16(27)14(9-2-4-10(5-3-9)18(21,22)23)15(25-17(26)24)12-7-6-11(19)8-13(12)20/h2-8,14-15H,1H3,(H2,24,25)/t14-,15-/m1/s1. The van der Waals surface area contributed by atoms with Crippen LogP contribution in [0, 0.1) is 17.0 Å². The van der Waals surface area contributed by atoms with Crippen LogP contribution in [0.15, 0.2) is 42.5 Å². The van der Waals surface area contributed by atoms with Gasteiger partial charge in [-0.3, -0.25) is 15.1 Å². The highest BCUT2D eigenvalue weighted by atomic mass is 19.4. The Morgan fingerprint density at radius 1 is 1.07 bits per heavy atom. The summed E-state index contributed by atoms with van der Waals surface area (Å²) in [6.45, 7) is 0. The average molecular weight is 383 g/mol. The molecular formula is C18H14F5N3O. The van der Waals surface area contributed by atoms with Gasteiger partial charge >= 0.3 is 6.18 Å². The third-order valence-electron chi connectivity index (χ3n) is 4.45. The predicted molar refractivity (Wildman–Crippen MR) is 86.9 cm³/mol. The Morgan fingerprint density at radius 2 is 1.70 bits per heavy atom. The lowest BCUT2D eigenvalue weighted by Gasteiger charge is -2.38. The van der Waals surface area contributed by atoms with Crippen LogP contribution in [0.5, 0.6) is 0 Å². The first kappa shape index (κ1) is 18.8. The number of guanidine groups is 1. The number of hydrogen-bond donors (Lipinski definition) is 2. The van der Waals surface area contributed by atoms with Gasteiger partial charge in [0.05, 0.1) is 17.5 Å². The van der Waals surface area contributed by atoms with E-state index in [-0.39, 0.29) is 17.1 Å². The molecule has 1 heterocycles.